The summed E-state index contributed by atoms with van der Waals surface area (Å²) in [6.07, 6.45) is 0. The number of piperazine rings is 1. The molecule has 5 nitrogen and oxygen atoms in total. The number of hydrogen-bond donors (Lipinski definition) is 1. The van der Waals surface area contributed by atoms with Crippen molar-refractivity contribution in [2.45, 2.75) is 0 Å². The average molecular weight is 290 g/mol. The molecule has 0 aromatic heterocycles. The Labute approximate surface area is 127 Å². The lowest BCUT2D eigenvalue weighted by Crippen LogP contribution is -2.45. The maximum atomic E-state index is 5.89. The summed E-state index contributed by atoms with van der Waals surface area (Å²) in [6, 6.07) is 6.45. The molecule has 3 rings (SSSR count). The molecule has 1 fully saturated rings. The van der Waals surface area contributed by atoms with E-state index in [1.165, 1.54) is 11.4 Å². The first-order valence-electron chi connectivity index (χ1n) is 7.87. The SMILES string of the molecule is CN(C)CCN1CCOc2cccc(N3CCNCC3)c21. The lowest BCUT2D eigenvalue weighted by molar-refractivity contribution is 0.302. The molecule has 1 aromatic rings. The number of hydrogen-bond acceptors (Lipinski definition) is 5. The Bertz CT molecular complexity index is 471. The fourth-order valence-electron chi connectivity index (χ4n) is 3.03. The van der Waals surface area contributed by atoms with Gasteiger partial charge in [0.1, 0.15) is 18.0 Å². The summed E-state index contributed by atoms with van der Waals surface area (Å²) >= 11 is 0. The number of benzene rings is 1. The van der Waals surface area contributed by atoms with Gasteiger partial charge in [-0.25, -0.2) is 0 Å². The molecule has 2 heterocycles. The van der Waals surface area contributed by atoms with E-state index >= 15 is 0 Å². The topological polar surface area (TPSA) is 31.0 Å². The molecule has 0 atom stereocenters. The third-order valence-corrected chi connectivity index (χ3v) is 4.19. The first-order chi connectivity index (χ1) is 10.3. The van der Waals surface area contributed by atoms with Crippen LogP contribution in [-0.4, -0.2) is 71.4 Å². The molecule has 1 N–H and O–H groups in total. The van der Waals surface area contributed by atoms with E-state index < -0.39 is 0 Å². The zero-order valence-corrected chi connectivity index (χ0v) is 13.1. The molecule has 0 bridgehead atoms. The molecule has 1 saturated heterocycles. The molecule has 0 spiro atoms. The molecule has 0 saturated carbocycles. The van der Waals surface area contributed by atoms with Crippen molar-refractivity contribution in [2.75, 3.05) is 76.3 Å². The molecule has 2 aliphatic rings. The summed E-state index contributed by atoms with van der Waals surface area (Å²) in [6.45, 7) is 8.12. The van der Waals surface area contributed by atoms with Crippen LogP contribution in [0.5, 0.6) is 5.75 Å². The number of nitrogens with one attached hydrogen (secondary N) is 1. The highest BCUT2D eigenvalue weighted by atomic mass is 16.5. The first-order valence-corrected chi connectivity index (χ1v) is 7.87. The highest BCUT2D eigenvalue weighted by molar-refractivity contribution is 5.78. The van der Waals surface area contributed by atoms with Gasteiger partial charge in [0.05, 0.1) is 12.2 Å². The minimum Gasteiger partial charge on any atom is -0.489 e. The minimum absolute atomic E-state index is 0.783. The van der Waals surface area contributed by atoms with Gasteiger partial charge in [-0.05, 0) is 26.2 Å². The summed E-state index contributed by atoms with van der Waals surface area (Å²) in [4.78, 5) is 7.20. The Morgan fingerprint density at radius 2 is 2.00 bits per heavy atom. The van der Waals surface area contributed by atoms with Crippen molar-refractivity contribution in [3.8, 4) is 5.75 Å². The highest BCUT2D eigenvalue weighted by Crippen LogP contribution is 2.40. The van der Waals surface area contributed by atoms with E-state index in [4.69, 9.17) is 4.74 Å². The van der Waals surface area contributed by atoms with E-state index in [0.717, 1.165) is 58.2 Å². The van der Waals surface area contributed by atoms with Crippen molar-refractivity contribution < 1.29 is 4.74 Å². The molecular weight excluding hydrogens is 264 g/mol. The Morgan fingerprint density at radius 3 is 2.76 bits per heavy atom. The van der Waals surface area contributed by atoms with Crippen LogP contribution < -0.4 is 19.9 Å². The molecule has 0 amide bonds. The predicted molar refractivity (Wildman–Crippen MR) is 87.8 cm³/mol. The summed E-state index contributed by atoms with van der Waals surface area (Å²) in [5, 5.41) is 3.42. The molecule has 0 radical (unpaired) electrons. The number of para-hydroxylation sites is 1. The molecule has 0 aliphatic carbocycles. The van der Waals surface area contributed by atoms with E-state index in [1.54, 1.807) is 0 Å². The molecular formula is C16H26N4O. The van der Waals surface area contributed by atoms with Gasteiger partial charge in [-0.2, -0.15) is 0 Å². The maximum Gasteiger partial charge on any atom is 0.144 e. The number of fused-ring (bicyclic) bond motifs is 1. The fraction of sp³-hybridized carbons (Fsp3) is 0.625. The van der Waals surface area contributed by atoms with Gasteiger partial charge in [0.25, 0.3) is 0 Å². The monoisotopic (exact) mass is 290 g/mol. The van der Waals surface area contributed by atoms with Crippen LogP contribution in [-0.2, 0) is 0 Å². The molecule has 21 heavy (non-hydrogen) atoms. The van der Waals surface area contributed by atoms with Gasteiger partial charge in [-0.3, -0.25) is 0 Å². The Hall–Kier alpha value is -1.46. The summed E-state index contributed by atoms with van der Waals surface area (Å²) in [7, 11) is 4.26. The first kappa shape index (κ1) is 14.5. The van der Waals surface area contributed by atoms with E-state index in [9.17, 15) is 0 Å². The van der Waals surface area contributed by atoms with Gasteiger partial charge in [0.15, 0.2) is 0 Å². The van der Waals surface area contributed by atoms with Crippen molar-refractivity contribution >= 4 is 11.4 Å². The fourth-order valence-corrected chi connectivity index (χ4v) is 3.03. The third kappa shape index (κ3) is 3.24. The number of likely N-dealkylation sites (N-methyl/N-ethyl adjacent to an activating group) is 1. The Kier molecular flexibility index (Phi) is 4.51. The van der Waals surface area contributed by atoms with Crippen LogP contribution in [0.2, 0.25) is 0 Å². The largest absolute Gasteiger partial charge is 0.489 e. The molecule has 1 aromatic carbocycles. The number of ether oxygens (including phenoxy) is 1. The molecule has 116 valence electrons. The van der Waals surface area contributed by atoms with Gasteiger partial charge in [-0.1, -0.05) is 6.07 Å². The average Bonchev–Trinajstić information content (AvgIpc) is 2.53. The van der Waals surface area contributed by atoms with Crippen molar-refractivity contribution in [1.29, 1.82) is 0 Å². The van der Waals surface area contributed by atoms with Crippen LogP contribution in [0.1, 0.15) is 0 Å². The van der Waals surface area contributed by atoms with Gasteiger partial charge >= 0.3 is 0 Å². The number of anilines is 2. The van der Waals surface area contributed by atoms with Crippen molar-refractivity contribution in [3.05, 3.63) is 18.2 Å². The molecule has 2 aliphatic heterocycles. The molecule has 5 heteroatoms. The second-order valence-corrected chi connectivity index (χ2v) is 6.00. The van der Waals surface area contributed by atoms with Gasteiger partial charge < -0.3 is 24.8 Å². The predicted octanol–water partition coefficient (Wildman–Crippen LogP) is 0.857. The van der Waals surface area contributed by atoms with Crippen molar-refractivity contribution in [1.82, 2.24) is 10.2 Å². The van der Waals surface area contributed by atoms with Crippen LogP contribution in [0.25, 0.3) is 0 Å². The zero-order chi connectivity index (χ0) is 14.7. The van der Waals surface area contributed by atoms with E-state index in [2.05, 4.69) is 52.3 Å². The van der Waals surface area contributed by atoms with E-state index in [0.29, 0.717) is 0 Å². The van der Waals surface area contributed by atoms with E-state index in [1.807, 2.05) is 0 Å². The second-order valence-electron chi connectivity index (χ2n) is 6.00. The normalized spacial score (nSPS) is 18.6. The van der Waals surface area contributed by atoms with Crippen LogP contribution in [0, 0.1) is 0 Å². The number of nitrogens with zero attached hydrogens (tertiary/aromatic N) is 3. The minimum atomic E-state index is 0.783. The summed E-state index contributed by atoms with van der Waals surface area (Å²) < 4.78 is 5.89. The summed E-state index contributed by atoms with van der Waals surface area (Å²) in [5.74, 6) is 1.04. The second kappa shape index (κ2) is 6.54. The molecule has 0 unspecified atom stereocenters. The van der Waals surface area contributed by atoms with Gasteiger partial charge in [-0.15, -0.1) is 0 Å². The maximum absolute atomic E-state index is 5.89. The van der Waals surface area contributed by atoms with Gasteiger partial charge in [0, 0.05) is 39.3 Å². The van der Waals surface area contributed by atoms with Crippen LogP contribution in [0.3, 0.4) is 0 Å². The smallest absolute Gasteiger partial charge is 0.144 e. The van der Waals surface area contributed by atoms with Crippen molar-refractivity contribution in [3.63, 3.8) is 0 Å². The summed E-state index contributed by atoms with van der Waals surface area (Å²) in [5.41, 5.74) is 2.61. The van der Waals surface area contributed by atoms with Crippen molar-refractivity contribution in [2.24, 2.45) is 0 Å². The van der Waals surface area contributed by atoms with Crippen LogP contribution >= 0.6 is 0 Å². The standard InChI is InChI=1S/C16H26N4O/c1-18(2)10-11-20-12-13-21-15-5-3-4-14(16(15)20)19-8-6-17-7-9-19/h3-5,17H,6-13H2,1-2H3. The lowest BCUT2D eigenvalue weighted by Gasteiger charge is -2.38. The lowest BCUT2D eigenvalue weighted by atomic mass is 10.1. The third-order valence-electron chi connectivity index (χ3n) is 4.19. The van der Waals surface area contributed by atoms with Crippen LogP contribution in [0.15, 0.2) is 18.2 Å². The Morgan fingerprint density at radius 1 is 1.19 bits per heavy atom. The number of rotatable bonds is 4. The van der Waals surface area contributed by atoms with Crippen LogP contribution in [0.4, 0.5) is 11.4 Å². The highest BCUT2D eigenvalue weighted by Gasteiger charge is 2.24. The van der Waals surface area contributed by atoms with Gasteiger partial charge in [0.2, 0.25) is 0 Å². The quantitative estimate of drug-likeness (QED) is 0.889. The Balaban J connectivity index is 1.87. The van der Waals surface area contributed by atoms with E-state index in [-0.39, 0.29) is 0 Å². The zero-order valence-electron chi connectivity index (χ0n) is 13.1.